The Bertz CT molecular complexity index is 191. The van der Waals surface area contributed by atoms with Crippen molar-refractivity contribution in [3.63, 3.8) is 0 Å². The fourth-order valence-corrected chi connectivity index (χ4v) is 1.76. The standard InChI is InChI=1S/C8H13BrF3NO2/c9-5-7-6-13(1-3-14-7)2-4-15-8(10,11)12/h7H,1-6H2. The molecule has 15 heavy (non-hydrogen) atoms. The molecule has 3 nitrogen and oxygen atoms in total. The van der Waals surface area contributed by atoms with Gasteiger partial charge in [-0.1, -0.05) is 15.9 Å². The Labute approximate surface area is 94.6 Å². The Morgan fingerprint density at radius 2 is 2.20 bits per heavy atom. The SMILES string of the molecule is FC(F)(F)OCCN1CCOC(CBr)C1. The van der Waals surface area contributed by atoms with Crippen LogP contribution in [-0.2, 0) is 9.47 Å². The van der Waals surface area contributed by atoms with Gasteiger partial charge in [-0.25, -0.2) is 0 Å². The van der Waals surface area contributed by atoms with Gasteiger partial charge in [-0.05, 0) is 0 Å². The first-order valence-corrected chi connectivity index (χ1v) is 5.74. The lowest BCUT2D eigenvalue weighted by Crippen LogP contribution is -2.44. The zero-order chi connectivity index (χ0) is 11.3. The molecule has 0 amide bonds. The highest BCUT2D eigenvalue weighted by Crippen LogP contribution is 2.16. The maximum Gasteiger partial charge on any atom is 0.522 e. The first kappa shape index (κ1) is 13.2. The van der Waals surface area contributed by atoms with Gasteiger partial charge in [-0.2, -0.15) is 0 Å². The van der Waals surface area contributed by atoms with Gasteiger partial charge in [0, 0.05) is 25.0 Å². The van der Waals surface area contributed by atoms with Crippen LogP contribution in [0.15, 0.2) is 0 Å². The highest BCUT2D eigenvalue weighted by molar-refractivity contribution is 9.09. The van der Waals surface area contributed by atoms with E-state index in [-0.39, 0.29) is 19.3 Å². The zero-order valence-electron chi connectivity index (χ0n) is 8.10. The Morgan fingerprint density at radius 3 is 2.80 bits per heavy atom. The summed E-state index contributed by atoms with van der Waals surface area (Å²) in [6.07, 6.45) is -4.47. The maximum absolute atomic E-state index is 11.7. The fourth-order valence-electron chi connectivity index (χ4n) is 1.37. The summed E-state index contributed by atoms with van der Waals surface area (Å²) < 4.78 is 44.1. The average molecular weight is 292 g/mol. The predicted molar refractivity (Wildman–Crippen MR) is 52.0 cm³/mol. The Kier molecular flexibility index (Phi) is 5.31. The molecule has 90 valence electrons. The molecule has 1 heterocycles. The van der Waals surface area contributed by atoms with Gasteiger partial charge in [0.2, 0.25) is 0 Å². The second-order valence-corrected chi connectivity index (χ2v) is 3.89. The average Bonchev–Trinajstić information content (AvgIpc) is 2.16. The normalized spacial score (nSPS) is 24.4. The zero-order valence-corrected chi connectivity index (χ0v) is 9.68. The predicted octanol–water partition coefficient (Wildman–Crippen LogP) is 1.62. The van der Waals surface area contributed by atoms with Gasteiger partial charge >= 0.3 is 6.36 Å². The first-order valence-electron chi connectivity index (χ1n) is 4.62. The summed E-state index contributed by atoms with van der Waals surface area (Å²) in [4.78, 5) is 1.90. The summed E-state index contributed by atoms with van der Waals surface area (Å²) in [7, 11) is 0. The van der Waals surface area contributed by atoms with E-state index >= 15 is 0 Å². The molecule has 0 N–H and O–H groups in total. The lowest BCUT2D eigenvalue weighted by molar-refractivity contribution is -0.325. The minimum Gasteiger partial charge on any atom is -0.375 e. The summed E-state index contributed by atoms with van der Waals surface area (Å²) in [5.41, 5.74) is 0. The molecule has 1 fully saturated rings. The van der Waals surface area contributed by atoms with E-state index in [1.165, 1.54) is 0 Å². The molecular weight excluding hydrogens is 279 g/mol. The highest BCUT2D eigenvalue weighted by Gasteiger charge is 2.29. The number of hydrogen-bond donors (Lipinski definition) is 0. The smallest absolute Gasteiger partial charge is 0.375 e. The second-order valence-electron chi connectivity index (χ2n) is 3.24. The third kappa shape index (κ3) is 5.70. The molecule has 0 aromatic rings. The summed E-state index contributed by atoms with van der Waals surface area (Å²) in [6, 6.07) is 0. The van der Waals surface area contributed by atoms with Gasteiger partial charge < -0.3 is 4.74 Å². The van der Waals surface area contributed by atoms with Crippen LogP contribution in [0.25, 0.3) is 0 Å². The van der Waals surface area contributed by atoms with E-state index in [2.05, 4.69) is 20.7 Å². The fraction of sp³-hybridized carbons (Fsp3) is 1.00. The summed E-state index contributed by atoms with van der Waals surface area (Å²) in [6.45, 7) is 1.82. The number of rotatable bonds is 4. The van der Waals surface area contributed by atoms with Crippen LogP contribution in [0.2, 0.25) is 0 Å². The summed E-state index contributed by atoms with van der Waals surface area (Å²) in [5, 5.41) is 0.698. The molecule has 7 heteroatoms. The molecule has 0 bridgehead atoms. The van der Waals surface area contributed by atoms with Crippen molar-refractivity contribution in [1.29, 1.82) is 0 Å². The highest BCUT2D eigenvalue weighted by atomic mass is 79.9. The first-order chi connectivity index (χ1) is 7.01. The van der Waals surface area contributed by atoms with Crippen molar-refractivity contribution in [3.8, 4) is 0 Å². The Hall–Kier alpha value is 0.150. The second kappa shape index (κ2) is 6.03. The van der Waals surface area contributed by atoms with Gasteiger partial charge in [0.15, 0.2) is 0 Å². The monoisotopic (exact) mass is 291 g/mol. The van der Waals surface area contributed by atoms with Crippen molar-refractivity contribution in [1.82, 2.24) is 4.90 Å². The van der Waals surface area contributed by atoms with E-state index in [9.17, 15) is 13.2 Å². The molecular formula is C8H13BrF3NO2. The van der Waals surface area contributed by atoms with Crippen molar-refractivity contribution in [2.75, 3.05) is 38.2 Å². The number of halogens is 4. The van der Waals surface area contributed by atoms with E-state index in [0.29, 0.717) is 25.0 Å². The Morgan fingerprint density at radius 1 is 1.47 bits per heavy atom. The van der Waals surface area contributed by atoms with E-state index in [1.54, 1.807) is 0 Å². The molecule has 0 aliphatic carbocycles. The Balaban J connectivity index is 2.15. The van der Waals surface area contributed by atoms with Crippen LogP contribution >= 0.6 is 15.9 Å². The summed E-state index contributed by atoms with van der Waals surface area (Å²) >= 11 is 3.28. The van der Waals surface area contributed by atoms with Crippen molar-refractivity contribution >= 4 is 15.9 Å². The van der Waals surface area contributed by atoms with Gasteiger partial charge in [-0.15, -0.1) is 13.2 Å². The largest absolute Gasteiger partial charge is 0.522 e. The van der Waals surface area contributed by atoms with E-state index in [1.807, 2.05) is 4.90 Å². The number of alkyl halides is 4. The van der Waals surface area contributed by atoms with Crippen LogP contribution in [0.1, 0.15) is 0 Å². The lowest BCUT2D eigenvalue weighted by atomic mass is 10.3. The van der Waals surface area contributed by atoms with E-state index in [0.717, 1.165) is 0 Å². The number of morpholine rings is 1. The quantitative estimate of drug-likeness (QED) is 0.735. The molecule has 1 aliphatic heterocycles. The molecule has 1 aliphatic rings. The van der Waals surface area contributed by atoms with Gasteiger partial charge in [0.05, 0.1) is 19.3 Å². The third-order valence-corrected chi connectivity index (χ3v) is 2.79. The van der Waals surface area contributed by atoms with Crippen molar-refractivity contribution < 1.29 is 22.6 Å². The molecule has 0 aromatic carbocycles. The van der Waals surface area contributed by atoms with E-state index in [4.69, 9.17) is 4.74 Å². The molecule has 1 rings (SSSR count). The third-order valence-electron chi connectivity index (χ3n) is 2.07. The minimum absolute atomic E-state index is 0.0598. The van der Waals surface area contributed by atoms with Crippen LogP contribution < -0.4 is 0 Å². The van der Waals surface area contributed by atoms with Gasteiger partial charge in [0.1, 0.15) is 0 Å². The van der Waals surface area contributed by atoms with Crippen LogP contribution in [0.4, 0.5) is 13.2 Å². The van der Waals surface area contributed by atoms with Gasteiger partial charge in [0.25, 0.3) is 0 Å². The van der Waals surface area contributed by atoms with Crippen LogP contribution in [0.5, 0.6) is 0 Å². The van der Waals surface area contributed by atoms with Crippen LogP contribution in [-0.4, -0.2) is 55.5 Å². The molecule has 0 aromatic heterocycles. The lowest BCUT2D eigenvalue weighted by Gasteiger charge is -2.31. The van der Waals surface area contributed by atoms with E-state index < -0.39 is 6.36 Å². The molecule has 0 radical (unpaired) electrons. The van der Waals surface area contributed by atoms with Gasteiger partial charge in [-0.3, -0.25) is 9.64 Å². The number of nitrogens with zero attached hydrogens (tertiary/aromatic N) is 1. The molecule has 0 saturated carbocycles. The topological polar surface area (TPSA) is 21.7 Å². The molecule has 1 saturated heterocycles. The molecule has 1 unspecified atom stereocenters. The molecule has 1 atom stereocenters. The summed E-state index contributed by atoms with van der Waals surface area (Å²) in [5.74, 6) is 0. The van der Waals surface area contributed by atoms with Crippen LogP contribution in [0.3, 0.4) is 0 Å². The molecule has 0 spiro atoms. The van der Waals surface area contributed by atoms with Crippen molar-refractivity contribution in [2.24, 2.45) is 0 Å². The van der Waals surface area contributed by atoms with Crippen molar-refractivity contribution in [3.05, 3.63) is 0 Å². The maximum atomic E-state index is 11.7. The number of ether oxygens (including phenoxy) is 2. The minimum atomic E-state index is -4.53. The van der Waals surface area contributed by atoms with Crippen molar-refractivity contribution in [2.45, 2.75) is 12.5 Å². The number of hydrogen-bond acceptors (Lipinski definition) is 3. The van der Waals surface area contributed by atoms with Crippen LogP contribution in [0, 0.1) is 0 Å².